The SMILES string of the molecule is CC(=O)c1c[nH]c(C(=O)O[C@@H](C)C(=O)Nc2ccc3ccccc3c2)c1. The minimum Gasteiger partial charge on any atom is -0.448 e. The molecule has 1 atom stereocenters. The van der Waals surface area contributed by atoms with Crippen LogP contribution in [0.2, 0.25) is 0 Å². The van der Waals surface area contributed by atoms with E-state index in [1.165, 1.54) is 26.1 Å². The average molecular weight is 350 g/mol. The molecule has 6 heteroatoms. The molecule has 0 fully saturated rings. The van der Waals surface area contributed by atoms with Crippen LogP contribution in [0, 0.1) is 0 Å². The molecule has 0 aliphatic carbocycles. The number of aromatic amines is 1. The van der Waals surface area contributed by atoms with Crippen LogP contribution in [0.5, 0.6) is 0 Å². The van der Waals surface area contributed by atoms with E-state index < -0.39 is 18.0 Å². The Labute approximate surface area is 150 Å². The number of fused-ring (bicyclic) bond motifs is 1. The van der Waals surface area contributed by atoms with E-state index in [0.29, 0.717) is 11.3 Å². The molecular weight excluding hydrogens is 332 g/mol. The van der Waals surface area contributed by atoms with Gasteiger partial charge in [0.2, 0.25) is 0 Å². The van der Waals surface area contributed by atoms with Crippen LogP contribution in [0.1, 0.15) is 34.7 Å². The molecule has 0 unspecified atom stereocenters. The number of carbonyl (C=O) groups excluding carboxylic acids is 3. The Hall–Kier alpha value is -3.41. The highest BCUT2D eigenvalue weighted by Crippen LogP contribution is 2.19. The van der Waals surface area contributed by atoms with Crippen LogP contribution >= 0.6 is 0 Å². The van der Waals surface area contributed by atoms with Crippen molar-refractivity contribution in [1.29, 1.82) is 0 Å². The highest BCUT2D eigenvalue weighted by atomic mass is 16.5. The lowest BCUT2D eigenvalue weighted by atomic mass is 10.1. The summed E-state index contributed by atoms with van der Waals surface area (Å²) in [6.07, 6.45) is 0.441. The van der Waals surface area contributed by atoms with Gasteiger partial charge in [0.25, 0.3) is 5.91 Å². The second-order valence-electron chi connectivity index (χ2n) is 5.96. The van der Waals surface area contributed by atoms with Gasteiger partial charge < -0.3 is 15.0 Å². The third kappa shape index (κ3) is 3.80. The minimum atomic E-state index is -0.988. The van der Waals surface area contributed by atoms with E-state index in [2.05, 4.69) is 10.3 Å². The molecule has 3 rings (SSSR count). The van der Waals surface area contributed by atoms with E-state index in [1.54, 1.807) is 6.07 Å². The van der Waals surface area contributed by atoms with Crippen LogP contribution < -0.4 is 5.32 Å². The summed E-state index contributed by atoms with van der Waals surface area (Å²) in [5.41, 5.74) is 1.13. The number of esters is 1. The number of hydrogen-bond acceptors (Lipinski definition) is 4. The average Bonchev–Trinajstić information content (AvgIpc) is 3.12. The number of nitrogens with one attached hydrogen (secondary N) is 2. The smallest absolute Gasteiger partial charge is 0.355 e. The van der Waals surface area contributed by atoms with Gasteiger partial charge in [0.05, 0.1) is 0 Å². The van der Waals surface area contributed by atoms with Crippen LogP contribution in [-0.4, -0.2) is 28.7 Å². The maximum absolute atomic E-state index is 12.3. The maximum atomic E-state index is 12.3. The number of rotatable bonds is 5. The van der Waals surface area contributed by atoms with Gasteiger partial charge in [-0.25, -0.2) is 4.79 Å². The number of Topliss-reactive ketones (excluding diaryl/α,β-unsaturated/α-hetero) is 1. The molecule has 0 spiro atoms. The van der Waals surface area contributed by atoms with Crippen LogP contribution in [0.25, 0.3) is 10.8 Å². The fraction of sp³-hybridized carbons (Fsp3) is 0.150. The number of H-pyrrole nitrogens is 1. The maximum Gasteiger partial charge on any atom is 0.355 e. The summed E-state index contributed by atoms with van der Waals surface area (Å²) < 4.78 is 5.16. The molecule has 0 bridgehead atoms. The molecule has 132 valence electrons. The van der Waals surface area contributed by atoms with Crippen molar-refractivity contribution in [1.82, 2.24) is 4.98 Å². The van der Waals surface area contributed by atoms with Crippen molar-refractivity contribution in [3.63, 3.8) is 0 Å². The summed E-state index contributed by atoms with van der Waals surface area (Å²) in [5.74, 6) is -1.30. The molecule has 1 heterocycles. The van der Waals surface area contributed by atoms with Crippen molar-refractivity contribution < 1.29 is 19.1 Å². The predicted octanol–water partition coefficient (Wildman–Crippen LogP) is 3.55. The lowest BCUT2D eigenvalue weighted by molar-refractivity contribution is -0.123. The van der Waals surface area contributed by atoms with Crippen molar-refractivity contribution in [2.75, 3.05) is 5.32 Å². The van der Waals surface area contributed by atoms with Crippen LogP contribution in [0.3, 0.4) is 0 Å². The first-order valence-corrected chi connectivity index (χ1v) is 8.14. The first-order chi connectivity index (χ1) is 12.4. The van der Waals surface area contributed by atoms with Crippen LogP contribution in [0.4, 0.5) is 5.69 Å². The highest BCUT2D eigenvalue weighted by molar-refractivity contribution is 6.00. The number of benzene rings is 2. The normalized spacial score (nSPS) is 11.8. The molecule has 2 N–H and O–H groups in total. The molecule has 1 aromatic heterocycles. The van der Waals surface area contributed by atoms with Crippen LogP contribution in [0.15, 0.2) is 54.7 Å². The summed E-state index contributed by atoms with van der Waals surface area (Å²) in [6.45, 7) is 2.89. The lowest BCUT2D eigenvalue weighted by Crippen LogP contribution is -2.30. The van der Waals surface area contributed by atoms with E-state index in [9.17, 15) is 14.4 Å². The van der Waals surface area contributed by atoms with E-state index in [1.807, 2.05) is 36.4 Å². The standard InChI is InChI=1S/C20H18N2O4/c1-12(23)16-10-18(21-11-16)20(25)26-13(2)19(24)22-17-8-7-14-5-3-4-6-15(14)9-17/h3-11,13,21H,1-2H3,(H,22,24)/t13-/m0/s1. The Balaban J connectivity index is 1.64. The van der Waals surface area contributed by atoms with Gasteiger partial charge in [-0.15, -0.1) is 0 Å². The molecule has 6 nitrogen and oxygen atoms in total. The monoisotopic (exact) mass is 350 g/mol. The topological polar surface area (TPSA) is 88.3 Å². The number of hydrogen-bond donors (Lipinski definition) is 2. The van der Waals surface area contributed by atoms with Gasteiger partial charge in [0, 0.05) is 17.4 Å². The van der Waals surface area contributed by atoms with E-state index in [4.69, 9.17) is 4.74 Å². The molecule has 2 aromatic carbocycles. The summed E-state index contributed by atoms with van der Waals surface area (Å²) in [7, 11) is 0. The van der Waals surface area contributed by atoms with Gasteiger partial charge in [-0.2, -0.15) is 0 Å². The molecule has 0 saturated heterocycles. The second-order valence-corrected chi connectivity index (χ2v) is 5.96. The third-order valence-corrected chi connectivity index (χ3v) is 3.98. The third-order valence-electron chi connectivity index (χ3n) is 3.98. The molecule has 0 radical (unpaired) electrons. The van der Waals surface area contributed by atoms with Gasteiger partial charge in [0.15, 0.2) is 11.9 Å². The Morgan fingerprint density at radius 2 is 1.77 bits per heavy atom. The van der Waals surface area contributed by atoms with Crippen molar-refractivity contribution >= 4 is 34.1 Å². The Bertz CT molecular complexity index is 990. The van der Waals surface area contributed by atoms with Crippen molar-refractivity contribution in [2.24, 2.45) is 0 Å². The van der Waals surface area contributed by atoms with Crippen molar-refractivity contribution in [3.05, 3.63) is 66.0 Å². The molecule has 1 amide bonds. The minimum absolute atomic E-state index is 0.126. The summed E-state index contributed by atoms with van der Waals surface area (Å²) in [6, 6.07) is 14.8. The van der Waals surface area contributed by atoms with E-state index >= 15 is 0 Å². The zero-order chi connectivity index (χ0) is 18.7. The van der Waals surface area contributed by atoms with E-state index in [0.717, 1.165) is 10.8 Å². The van der Waals surface area contributed by atoms with Gasteiger partial charge in [-0.3, -0.25) is 9.59 Å². The quantitative estimate of drug-likeness (QED) is 0.544. The molecular formula is C20H18N2O4. The molecule has 0 saturated carbocycles. The fourth-order valence-corrected chi connectivity index (χ4v) is 2.50. The Morgan fingerprint density at radius 1 is 1.04 bits per heavy atom. The number of carbonyl (C=O) groups is 3. The summed E-state index contributed by atoms with van der Waals surface area (Å²) in [4.78, 5) is 38.3. The number of anilines is 1. The molecule has 26 heavy (non-hydrogen) atoms. The number of amides is 1. The first kappa shape index (κ1) is 17.4. The number of aromatic nitrogens is 1. The number of ketones is 1. The summed E-state index contributed by atoms with van der Waals surface area (Å²) in [5, 5.41) is 4.80. The largest absolute Gasteiger partial charge is 0.448 e. The van der Waals surface area contributed by atoms with Crippen LogP contribution in [-0.2, 0) is 9.53 Å². The number of ether oxygens (including phenoxy) is 1. The zero-order valence-corrected chi connectivity index (χ0v) is 14.4. The first-order valence-electron chi connectivity index (χ1n) is 8.14. The van der Waals surface area contributed by atoms with Gasteiger partial charge >= 0.3 is 5.97 Å². The van der Waals surface area contributed by atoms with Gasteiger partial charge in [-0.05, 0) is 42.8 Å². The van der Waals surface area contributed by atoms with E-state index in [-0.39, 0.29) is 11.5 Å². The zero-order valence-electron chi connectivity index (χ0n) is 14.4. The molecule has 3 aromatic rings. The Morgan fingerprint density at radius 3 is 2.46 bits per heavy atom. The van der Waals surface area contributed by atoms with Crippen molar-refractivity contribution in [3.8, 4) is 0 Å². The molecule has 0 aliphatic rings. The predicted molar refractivity (Wildman–Crippen MR) is 98.3 cm³/mol. The van der Waals surface area contributed by atoms with Gasteiger partial charge in [0.1, 0.15) is 5.69 Å². The lowest BCUT2D eigenvalue weighted by Gasteiger charge is -2.13. The second kappa shape index (κ2) is 7.23. The summed E-state index contributed by atoms with van der Waals surface area (Å²) >= 11 is 0. The highest BCUT2D eigenvalue weighted by Gasteiger charge is 2.20. The van der Waals surface area contributed by atoms with Gasteiger partial charge in [-0.1, -0.05) is 30.3 Å². The van der Waals surface area contributed by atoms with Crippen molar-refractivity contribution in [2.45, 2.75) is 20.0 Å². The molecule has 0 aliphatic heterocycles. The fourth-order valence-electron chi connectivity index (χ4n) is 2.50. The Kier molecular flexibility index (Phi) is 4.84.